The molecule has 7 nitrogen and oxygen atoms in total. The molecule has 23 heavy (non-hydrogen) atoms. The number of aryl methyl sites for hydroxylation is 1. The van der Waals surface area contributed by atoms with Crippen LogP contribution in [0.4, 0.5) is 0 Å². The van der Waals surface area contributed by atoms with Gasteiger partial charge in [-0.2, -0.15) is 5.10 Å². The van der Waals surface area contributed by atoms with Crippen LogP contribution in [0, 0.1) is 0 Å². The van der Waals surface area contributed by atoms with Gasteiger partial charge in [-0.15, -0.1) is 0 Å². The van der Waals surface area contributed by atoms with Gasteiger partial charge in [0.1, 0.15) is 5.60 Å². The Bertz CT molecular complexity index is 501. The molecule has 1 rings (SSSR count). The van der Waals surface area contributed by atoms with Gasteiger partial charge in [0.05, 0.1) is 12.7 Å². The maximum absolute atomic E-state index is 10.6. The van der Waals surface area contributed by atoms with E-state index < -0.39 is 5.60 Å². The average Bonchev–Trinajstić information content (AvgIpc) is 2.87. The highest BCUT2D eigenvalue weighted by atomic mass is 16.3. The van der Waals surface area contributed by atoms with Gasteiger partial charge in [-0.3, -0.25) is 4.68 Å². The molecule has 0 amide bonds. The van der Waals surface area contributed by atoms with E-state index in [-0.39, 0.29) is 12.1 Å². The van der Waals surface area contributed by atoms with Crippen LogP contribution in [0.25, 0.3) is 0 Å². The third-order valence-corrected chi connectivity index (χ3v) is 3.29. The van der Waals surface area contributed by atoms with Gasteiger partial charge in [-0.05, 0) is 34.6 Å². The largest absolute Gasteiger partial charge is 0.383 e. The van der Waals surface area contributed by atoms with Gasteiger partial charge in [-0.25, -0.2) is 4.99 Å². The highest BCUT2D eigenvalue weighted by Gasteiger charge is 2.24. The Morgan fingerprint density at radius 2 is 1.96 bits per heavy atom. The summed E-state index contributed by atoms with van der Waals surface area (Å²) < 4.78 is 1.68. The third-order valence-electron chi connectivity index (χ3n) is 3.29. The fourth-order valence-electron chi connectivity index (χ4n) is 1.98. The first kappa shape index (κ1) is 19.4. The van der Waals surface area contributed by atoms with Crippen LogP contribution in [0.15, 0.2) is 17.4 Å². The van der Waals surface area contributed by atoms with Crippen molar-refractivity contribution in [2.24, 2.45) is 12.0 Å². The number of aliphatic imine (C=N–C) groups is 1. The number of rotatable bonds is 7. The maximum atomic E-state index is 10.6. The quantitative estimate of drug-likeness (QED) is 0.335. The number of aliphatic hydroxyl groups is 1. The molecular formula is C16H32N6O. The van der Waals surface area contributed by atoms with Crippen LogP contribution in [0.2, 0.25) is 0 Å². The molecule has 0 saturated heterocycles. The molecule has 0 radical (unpaired) electrons. The lowest BCUT2D eigenvalue weighted by Crippen LogP contribution is -2.45. The first-order chi connectivity index (χ1) is 10.6. The summed E-state index contributed by atoms with van der Waals surface area (Å²) in [4.78, 5) is 4.48. The molecule has 1 heterocycles. The van der Waals surface area contributed by atoms with Crippen molar-refractivity contribution >= 4 is 5.96 Å². The first-order valence-electron chi connectivity index (χ1n) is 8.13. The Morgan fingerprint density at radius 1 is 1.26 bits per heavy atom. The molecule has 0 aliphatic carbocycles. The summed E-state index contributed by atoms with van der Waals surface area (Å²) in [5.41, 5.74) is -0.185. The molecule has 1 atom stereocenters. The fraction of sp³-hybridized carbons (Fsp3) is 0.750. The monoisotopic (exact) mass is 324 g/mol. The summed E-state index contributed by atoms with van der Waals surface area (Å²) >= 11 is 0. The van der Waals surface area contributed by atoms with Crippen LogP contribution < -0.4 is 16.0 Å². The van der Waals surface area contributed by atoms with Crippen LogP contribution in [0.3, 0.4) is 0 Å². The minimum atomic E-state index is -1.04. The molecule has 0 spiro atoms. The Morgan fingerprint density at radius 3 is 2.48 bits per heavy atom. The van der Waals surface area contributed by atoms with Gasteiger partial charge < -0.3 is 21.1 Å². The van der Waals surface area contributed by atoms with Crippen LogP contribution in [-0.2, 0) is 12.6 Å². The normalized spacial score (nSPS) is 15.3. The van der Waals surface area contributed by atoms with E-state index >= 15 is 0 Å². The predicted molar refractivity (Wildman–Crippen MR) is 94.5 cm³/mol. The molecule has 0 aliphatic rings. The number of guanidine groups is 1. The second kappa shape index (κ2) is 8.31. The lowest BCUT2D eigenvalue weighted by Gasteiger charge is -2.22. The highest BCUT2D eigenvalue weighted by molar-refractivity contribution is 5.79. The summed E-state index contributed by atoms with van der Waals surface area (Å²) in [6.07, 6.45) is 3.48. The zero-order valence-electron chi connectivity index (χ0n) is 15.3. The zero-order chi connectivity index (χ0) is 17.5. The van der Waals surface area contributed by atoms with Gasteiger partial charge in [-0.1, -0.05) is 0 Å². The van der Waals surface area contributed by atoms with Gasteiger partial charge in [0.15, 0.2) is 5.96 Å². The predicted octanol–water partition coefficient (Wildman–Crippen LogP) is 0.571. The number of aromatic nitrogens is 2. The molecule has 7 heteroatoms. The van der Waals surface area contributed by atoms with E-state index in [0.717, 1.165) is 25.2 Å². The third kappa shape index (κ3) is 7.47. The Balaban J connectivity index is 2.57. The van der Waals surface area contributed by atoms with Crippen molar-refractivity contribution < 1.29 is 5.11 Å². The SMILES string of the molecule is CCNC(=NCC(C)(O)c1cnn(C)c1)NCCNC(C)(C)C. The molecule has 4 N–H and O–H groups in total. The summed E-state index contributed by atoms with van der Waals surface area (Å²) in [7, 11) is 1.83. The summed E-state index contributed by atoms with van der Waals surface area (Å²) in [6, 6.07) is 0. The molecule has 0 aliphatic heterocycles. The highest BCUT2D eigenvalue weighted by Crippen LogP contribution is 2.19. The second-order valence-electron chi connectivity index (χ2n) is 6.98. The minimum absolute atomic E-state index is 0.0984. The average molecular weight is 324 g/mol. The van der Waals surface area contributed by atoms with Crippen LogP contribution in [0.1, 0.15) is 40.2 Å². The van der Waals surface area contributed by atoms with E-state index in [0.29, 0.717) is 5.96 Å². The van der Waals surface area contributed by atoms with Crippen molar-refractivity contribution in [3.8, 4) is 0 Å². The van der Waals surface area contributed by atoms with Crippen molar-refractivity contribution in [3.63, 3.8) is 0 Å². The van der Waals surface area contributed by atoms with Crippen molar-refractivity contribution in [2.45, 2.75) is 45.8 Å². The molecular weight excluding hydrogens is 292 g/mol. The van der Waals surface area contributed by atoms with Crippen LogP contribution in [0.5, 0.6) is 0 Å². The first-order valence-corrected chi connectivity index (χ1v) is 8.13. The molecule has 1 aromatic rings. The van der Waals surface area contributed by atoms with Gasteiger partial charge in [0.2, 0.25) is 0 Å². The second-order valence-corrected chi connectivity index (χ2v) is 6.98. The van der Waals surface area contributed by atoms with Crippen molar-refractivity contribution in [3.05, 3.63) is 18.0 Å². The molecule has 1 aromatic heterocycles. The molecule has 0 bridgehead atoms. The lowest BCUT2D eigenvalue weighted by molar-refractivity contribution is 0.0672. The van der Waals surface area contributed by atoms with E-state index in [9.17, 15) is 5.11 Å². The Kier molecular flexibility index (Phi) is 7.02. The van der Waals surface area contributed by atoms with E-state index in [4.69, 9.17) is 0 Å². The summed E-state index contributed by atoms with van der Waals surface area (Å²) in [6.45, 7) is 12.8. The molecule has 132 valence electrons. The van der Waals surface area contributed by atoms with Crippen molar-refractivity contribution in [2.75, 3.05) is 26.2 Å². The van der Waals surface area contributed by atoms with Gasteiger partial charge in [0.25, 0.3) is 0 Å². The molecule has 1 unspecified atom stereocenters. The van der Waals surface area contributed by atoms with Gasteiger partial charge in [0, 0.05) is 44.0 Å². The minimum Gasteiger partial charge on any atom is -0.383 e. The summed E-state index contributed by atoms with van der Waals surface area (Å²) in [5, 5.41) is 24.5. The van der Waals surface area contributed by atoms with Gasteiger partial charge >= 0.3 is 0 Å². The van der Waals surface area contributed by atoms with Crippen molar-refractivity contribution in [1.29, 1.82) is 0 Å². The molecule has 0 aromatic carbocycles. The number of hydrogen-bond donors (Lipinski definition) is 4. The van der Waals surface area contributed by atoms with E-state index in [1.807, 2.05) is 20.2 Å². The zero-order valence-corrected chi connectivity index (χ0v) is 15.3. The molecule has 0 saturated carbocycles. The molecule has 0 fully saturated rings. The topological polar surface area (TPSA) is 86.5 Å². The summed E-state index contributed by atoms with van der Waals surface area (Å²) in [5.74, 6) is 0.701. The van der Waals surface area contributed by atoms with Crippen LogP contribution in [-0.4, -0.2) is 52.6 Å². The van der Waals surface area contributed by atoms with E-state index in [1.165, 1.54) is 0 Å². The fourth-order valence-corrected chi connectivity index (χ4v) is 1.98. The van der Waals surface area contributed by atoms with Crippen LogP contribution >= 0.6 is 0 Å². The Hall–Kier alpha value is -1.60. The van der Waals surface area contributed by atoms with Crippen molar-refractivity contribution in [1.82, 2.24) is 25.7 Å². The number of nitrogens with one attached hydrogen (secondary N) is 3. The number of nitrogens with zero attached hydrogens (tertiary/aromatic N) is 3. The van der Waals surface area contributed by atoms with E-state index in [1.54, 1.807) is 17.8 Å². The number of hydrogen-bond acceptors (Lipinski definition) is 4. The standard InChI is InChI=1S/C16H32N6O/c1-7-17-14(18-8-9-20-15(2,3)4)19-12-16(5,23)13-10-21-22(6)11-13/h10-11,20,23H,7-9,12H2,1-6H3,(H2,17,18,19). The maximum Gasteiger partial charge on any atom is 0.191 e. The Labute approximate surface area is 139 Å². The van der Waals surface area contributed by atoms with E-state index in [2.05, 4.69) is 46.8 Å². The smallest absolute Gasteiger partial charge is 0.191 e. The lowest BCUT2D eigenvalue weighted by atomic mass is 10.0.